The number of H-pyrrole nitrogens is 1. The molecule has 2 N–H and O–H groups in total. The van der Waals surface area contributed by atoms with Crippen LogP contribution in [0.5, 0.6) is 0 Å². The predicted octanol–water partition coefficient (Wildman–Crippen LogP) is 2.24. The van der Waals surface area contributed by atoms with E-state index in [-0.39, 0.29) is 24.4 Å². The van der Waals surface area contributed by atoms with Crippen molar-refractivity contribution in [2.75, 3.05) is 13.1 Å². The van der Waals surface area contributed by atoms with Gasteiger partial charge in [0, 0.05) is 37.3 Å². The predicted molar refractivity (Wildman–Crippen MR) is 90.8 cm³/mol. The van der Waals surface area contributed by atoms with Crippen molar-refractivity contribution in [1.29, 1.82) is 0 Å². The Morgan fingerprint density at radius 1 is 1.30 bits per heavy atom. The number of aromatic nitrogens is 2. The average molecular weight is 333 g/mol. The third-order valence-electron chi connectivity index (χ3n) is 4.86. The lowest BCUT2D eigenvalue weighted by molar-refractivity contribution is 0.0670. The van der Waals surface area contributed by atoms with Crippen molar-refractivity contribution in [3.8, 4) is 0 Å². The number of carbonyl (C=O) groups is 1. The smallest absolute Gasteiger partial charge is 0.275 e. The molecule has 3 heterocycles. The van der Waals surface area contributed by atoms with Gasteiger partial charge in [-0.15, -0.1) is 12.4 Å². The van der Waals surface area contributed by atoms with Gasteiger partial charge in [0.1, 0.15) is 0 Å². The van der Waals surface area contributed by atoms with E-state index in [0.29, 0.717) is 5.69 Å². The minimum absolute atomic E-state index is 0. The maximum absolute atomic E-state index is 13.0. The van der Waals surface area contributed by atoms with Crippen LogP contribution in [0.25, 0.3) is 0 Å². The molecule has 4 rings (SSSR count). The Bertz CT molecular complexity index is 727. The first-order valence-corrected chi connectivity index (χ1v) is 7.91. The fourth-order valence-corrected chi connectivity index (χ4v) is 3.59. The van der Waals surface area contributed by atoms with Crippen LogP contribution >= 0.6 is 12.4 Å². The van der Waals surface area contributed by atoms with Crippen LogP contribution in [0.4, 0.5) is 0 Å². The Kier molecular flexibility index (Phi) is 4.41. The Morgan fingerprint density at radius 2 is 2.13 bits per heavy atom. The van der Waals surface area contributed by atoms with Gasteiger partial charge in [-0.3, -0.25) is 9.89 Å². The quantitative estimate of drug-likeness (QED) is 0.842. The number of rotatable bonds is 1. The van der Waals surface area contributed by atoms with Crippen molar-refractivity contribution in [3.63, 3.8) is 0 Å². The van der Waals surface area contributed by atoms with Gasteiger partial charge in [-0.1, -0.05) is 24.3 Å². The number of benzene rings is 1. The number of halogens is 1. The molecular weight excluding hydrogens is 312 g/mol. The molecule has 1 amide bonds. The van der Waals surface area contributed by atoms with E-state index in [9.17, 15) is 4.79 Å². The van der Waals surface area contributed by atoms with E-state index >= 15 is 0 Å². The Balaban J connectivity index is 0.00000156. The van der Waals surface area contributed by atoms with Crippen molar-refractivity contribution in [1.82, 2.24) is 20.4 Å². The van der Waals surface area contributed by atoms with Gasteiger partial charge in [-0.2, -0.15) is 5.10 Å². The Hall–Kier alpha value is -1.85. The van der Waals surface area contributed by atoms with Gasteiger partial charge >= 0.3 is 0 Å². The van der Waals surface area contributed by atoms with E-state index in [2.05, 4.69) is 40.6 Å². The van der Waals surface area contributed by atoms with Gasteiger partial charge in [0.05, 0.1) is 6.04 Å². The lowest BCUT2D eigenvalue weighted by atomic mass is 9.93. The summed E-state index contributed by atoms with van der Waals surface area (Å²) in [6.07, 6.45) is 1.82. The van der Waals surface area contributed by atoms with Crippen molar-refractivity contribution in [3.05, 3.63) is 52.3 Å². The van der Waals surface area contributed by atoms with E-state index in [4.69, 9.17) is 0 Å². The molecule has 1 aromatic carbocycles. The summed E-state index contributed by atoms with van der Waals surface area (Å²) in [7, 11) is 0. The van der Waals surface area contributed by atoms with E-state index in [1.54, 1.807) is 0 Å². The summed E-state index contributed by atoms with van der Waals surface area (Å²) in [5.41, 5.74) is 5.34. The summed E-state index contributed by atoms with van der Waals surface area (Å²) >= 11 is 0. The van der Waals surface area contributed by atoms with Crippen molar-refractivity contribution < 1.29 is 4.79 Å². The van der Waals surface area contributed by atoms with Gasteiger partial charge in [-0.05, 0) is 24.5 Å². The van der Waals surface area contributed by atoms with Gasteiger partial charge in [0.15, 0.2) is 5.69 Å². The molecule has 1 aromatic heterocycles. The van der Waals surface area contributed by atoms with E-state index < -0.39 is 0 Å². The topological polar surface area (TPSA) is 61.0 Å². The minimum Gasteiger partial charge on any atom is -0.330 e. The third-order valence-corrected chi connectivity index (χ3v) is 4.86. The molecule has 0 aliphatic carbocycles. The molecule has 1 atom stereocenters. The number of fused-ring (bicyclic) bond motifs is 2. The molecule has 0 spiro atoms. The monoisotopic (exact) mass is 332 g/mol. The van der Waals surface area contributed by atoms with E-state index in [0.717, 1.165) is 43.7 Å². The van der Waals surface area contributed by atoms with Crippen molar-refractivity contribution in [2.45, 2.75) is 32.4 Å². The van der Waals surface area contributed by atoms with Gasteiger partial charge < -0.3 is 10.2 Å². The van der Waals surface area contributed by atoms with Crippen LogP contribution in [-0.2, 0) is 19.4 Å². The molecule has 5 nitrogen and oxygen atoms in total. The second-order valence-electron chi connectivity index (χ2n) is 6.08. The highest BCUT2D eigenvalue weighted by Crippen LogP contribution is 2.31. The van der Waals surface area contributed by atoms with Crippen LogP contribution in [0.15, 0.2) is 24.3 Å². The highest BCUT2D eigenvalue weighted by atomic mass is 35.5. The molecule has 1 unspecified atom stereocenters. The first kappa shape index (κ1) is 16.0. The molecule has 2 aliphatic rings. The zero-order valence-electron chi connectivity index (χ0n) is 13.1. The van der Waals surface area contributed by atoms with Crippen LogP contribution in [0.1, 0.15) is 45.8 Å². The number of aromatic amines is 1. The lowest BCUT2D eigenvalue weighted by Crippen LogP contribution is -2.39. The number of hydrogen-bond acceptors (Lipinski definition) is 3. The first-order valence-electron chi connectivity index (χ1n) is 7.91. The molecule has 0 fully saturated rings. The second-order valence-corrected chi connectivity index (χ2v) is 6.08. The normalized spacial score (nSPS) is 19.5. The maximum atomic E-state index is 13.0. The zero-order chi connectivity index (χ0) is 15.1. The zero-order valence-corrected chi connectivity index (χ0v) is 13.9. The third kappa shape index (κ3) is 2.64. The Labute approximate surface area is 141 Å². The Morgan fingerprint density at radius 3 is 3.00 bits per heavy atom. The van der Waals surface area contributed by atoms with Gasteiger partial charge in [0.25, 0.3) is 5.91 Å². The first-order chi connectivity index (χ1) is 10.8. The fourth-order valence-electron chi connectivity index (χ4n) is 3.59. The number of nitrogens with one attached hydrogen (secondary N) is 2. The number of carbonyl (C=O) groups excluding carboxylic acids is 1. The highest BCUT2D eigenvalue weighted by Gasteiger charge is 2.31. The largest absolute Gasteiger partial charge is 0.330 e. The molecule has 0 saturated carbocycles. The standard InChI is InChI=1S/C17H20N4O.ClH/c1-11-13-5-3-2-4-12(13)7-9-21(11)17(22)16-14-10-18-8-6-15(14)19-20-16;/h2-5,11,18H,6-10H2,1H3,(H,19,20);1H. The van der Waals surface area contributed by atoms with Crippen LogP contribution in [-0.4, -0.2) is 34.1 Å². The summed E-state index contributed by atoms with van der Waals surface area (Å²) in [4.78, 5) is 14.9. The average Bonchev–Trinajstić information content (AvgIpc) is 2.99. The summed E-state index contributed by atoms with van der Waals surface area (Å²) in [6, 6.07) is 8.50. The molecule has 0 bridgehead atoms. The van der Waals surface area contributed by atoms with E-state index in [1.165, 1.54) is 11.1 Å². The molecule has 23 heavy (non-hydrogen) atoms. The summed E-state index contributed by atoms with van der Waals surface area (Å²) in [5.74, 6) is 0.0446. The molecule has 0 saturated heterocycles. The summed E-state index contributed by atoms with van der Waals surface area (Å²) in [6.45, 7) is 4.53. The molecule has 122 valence electrons. The molecule has 2 aliphatic heterocycles. The SMILES string of the molecule is CC1c2ccccc2CCN1C(=O)c1n[nH]c2c1CNCC2.Cl. The maximum Gasteiger partial charge on any atom is 0.275 e. The second kappa shape index (κ2) is 6.34. The summed E-state index contributed by atoms with van der Waals surface area (Å²) in [5, 5.41) is 10.7. The number of nitrogens with zero attached hydrogens (tertiary/aromatic N) is 2. The molecule has 2 aromatic rings. The highest BCUT2D eigenvalue weighted by molar-refractivity contribution is 5.94. The van der Waals surface area contributed by atoms with Crippen LogP contribution < -0.4 is 5.32 Å². The number of amides is 1. The van der Waals surface area contributed by atoms with E-state index in [1.807, 2.05) is 11.0 Å². The van der Waals surface area contributed by atoms with Crippen LogP contribution in [0.2, 0.25) is 0 Å². The van der Waals surface area contributed by atoms with Gasteiger partial charge in [-0.25, -0.2) is 0 Å². The van der Waals surface area contributed by atoms with Crippen LogP contribution in [0, 0.1) is 0 Å². The lowest BCUT2D eigenvalue weighted by Gasteiger charge is -2.35. The fraction of sp³-hybridized carbons (Fsp3) is 0.412. The minimum atomic E-state index is 0. The van der Waals surface area contributed by atoms with Crippen molar-refractivity contribution in [2.24, 2.45) is 0 Å². The van der Waals surface area contributed by atoms with Gasteiger partial charge in [0.2, 0.25) is 0 Å². The number of hydrogen-bond donors (Lipinski definition) is 2. The molecule has 0 radical (unpaired) electrons. The van der Waals surface area contributed by atoms with Crippen molar-refractivity contribution >= 4 is 18.3 Å². The molecular formula is C17H21ClN4O. The van der Waals surface area contributed by atoms with Crippen LogP contribution in [0.3, 0.4) is 0 Å². The summed E-state index contributed by atoms with van der Waals surface area (Å²) < 4.78 is 0. The molecule has 6 heteroatoms.